The van der Waals surface area contributed by atoms with Crippen LogP contribution in [-0.4, -0.2) is 74.8 Å². The molecule has 4 atom stereocenters. The van der Waals surface area contributed by atoms with Gasteiger partial charge in [0.15, 0.2) is 9.84 Å². The maximum absolute atomic E-state index is 11.9. The molecule has 8 heteroatoms. The molecule has 0 aromatic rings. The number of sulfone groups is 1. The second-order valence-corrected chi connectivity index (χ2v) is 8.74. The Morgan fingerprint density at radius 3 is 2.50 bits per heavy atom. The molecule has 128 valence electrons. The normalized spacial score (nSPS) is 33.3. The van der Waals surface area contributed by atoms with Crippen LogP contribution in [0.5, 0.6) is 0 Å². The van der Waals surface area contributed by atoms with Gasteiger partial charge in [-0.2, -0.15) is 0 Å². The van der Waals surface area contributed by atoms with Crippen molar-refractivity contribution in [2.45, 2.75) is 51.5 Å². The van der Waals surface area contributed by atoms with E-state index in [4.69, 9.17) is 4.74 Å². The molecule has 0 unspecified atom stereocenters. The number of hydrogen-bond donors (Lipinski definition) is 2. The number of amides is 2. The Kier molecular flexibility index (Phi) is 5.68. The lowest BCUT2D eigenvalue weighted by Gasteiger charge is -2.39. The topological polar surface area (TPSA) is 87.7 Å². The Balaban J connectivity index is 1.71. The van der Waals surface area contributed by atoms with Crippen LogP contribution in [0.15, 0.2) is 0 Å². The number of nitrogens with zero attached hydrogens (tertiary/aromatic N) is 1. The second kappa shape index (κ2) is 7.14. The molecular weight excluding hydrogens is 306 g/mol. The van der Waals surface area contributed by atoms with Crippen LogP contribution in [-0.2, 0) is 14.6 Å². The molecule has 2 saturated heterocycles. The number of rotatable bonds is 4. The summed E-state index contributed by atoms with van der Waals surface area (Å²) in [5.41, 5.74) is 0. The van der Waals surface area contributed by atoms with E-state index >= 15 is 0 Å². The predicted octanol–water partition coefficient (Wildman–Crippen LogP) is -0.0296. The van der Waals surface area contributed by atoms with E-state index in [9.17, 15) is 13.2 Å². The van der Waals surface area contributed by atoms with Gasteiger partial charge in [0.25, 0.3) is 0 Å². The molecule has 2 fully saturated rings. The van der Waals surface area contributed by atoms with Crippen molar-refractivity contribution in [3.63, 3.8) is 0 Å². The highest BCUT2D eigenvalue weighted by molar-refractivity contribution is 7.91. The van der Waals surface area contributed by atoms with E-state index in [1.54, 1.807) is 0 Å². The average Bonchev–Trinajstić information content (AvgIpc) is 2.74. The molecule has 0 bridgehead atoms. The number of carbonyl (C=O) groups is 1. The maximum atomic E-state index is 11.9. The van der Waals surface area contributed by atoms with E-state index in [1.807, 2.05) is 0 Å². The molecule has 2 heterocycles. The predicted molar refractivity (Wildman–Crippen MR) is 84.6 cm³/mol. The highest BCUT2D eigenvalue weighted by atomic mass is 32.2. The van der Waals surface area contributed by atoms with Crippen molar-refractivity contribution in [2.24, 2.45) is 0 Å². The minimum absolute atomic E-state index is 0.0501. The van der Waals surface area contributed by atoms with E-state index in [0.717, 1.165) is 13.1 Å². The molecule has 0 saturated carbocycles. The highest BCUT2D eigenvalue weighted by Crippen LogP contribution is 2.13. The van der Waals surface area contributed by atoms with Crippen molar-refractivity contribution in [2.75, 3.05) is 31.1 Å². The van der Waals surface area contributed by atoms with Crippen LogP contribution in [0.4, 0.5) is 4.79 Å². The first-order valence-electron chi connectivity index (χ1n) is 7.89. The fourth-order valence-corrected chi connectivity index (χ4v) is 4.77. The third-order valence-electron chi connectivity index (χ3n) is 4.20. The van der Waals surface area contributed by atoms with Gasteiger partial charge in [-0.1, -0.05) is 0 Å². The number of hydrogen-bond acceptors (Lipinski definition) is 5. The van der Waals surface area contributed by atoms with Crippen LogP contribution in [0.25, 0.3) is 0 Å². The van der Waals surface area contributed by atoms with E-state index in [2.05, 4.69) is 36.3 Å². The van der Waals surface area contributed by atoms with E-state index < -0.39 is 9.84 Å². The number of urea groups is 1. The van der Waals surface area contributed by atoms with Crippen molar-refractivity contribution < 1.29 is 17.9 Å². The number of morpholine rings is 1. The minimum atomic E-state index is -2.97. The van der Waals surface area contributed by atoms with Crippen molar-refractivity contribution in [3.05, 3.63) is 0 Å². The largest absolute Gasteiger partial charge is 0.373 e. The summed E-state index contributed by atoms with van der Waals surface area (Å²) in [6.45, 7) is 8.42. The third kappa shape index (κ3) is 5.10. The van der Waals surface area contributed by atoms with Gasteiger partial charge in [0.2, 0.25) is 0 Å². The van der Waals surface area contributed by atoms with Gasteiger partial charge in [-0.25, -0.2) is 13.2 Å². The molecular formula is C14H27N3O4S. The number of ether oxygens (including phenoxy) is 1. The lowest BCUT2D eigenvalue weighted by Crippen LogP contribution is -2.53. The summed E-state index contributed by atoms with van der Waals surface area (Å²) in [5.74, 6) is 0.215. The minimum Gasteiger partial charge on any atom is -0.373 e. The SMILES string of the molecule is C[C@@H]1CN([C@H](C)CNC(=O)N[C@@H]2CCS(=O)(=O)C2)C[C@@H](C)O1. The monoisotopic (exact) mass is 333 g/mol. The third-order valence-corrected chi connectivity index (χ3v) is 5.96. The molecule has 0 aromatic carbocycles. The van der Waals surface area contributed by atoms with Crippen molar-refractivity contribution >= 4 is 15.9 Å². The Morgan fingerprint density at radius 1 is 1.32 bits per heavy atom. The van der Waals surface area contributed by atoms with E-state index in [-0.39, 0.29) is 41.8 Å². The highest BCUT2D eigenvalue weighted by Gasteiger charge is 2.29. The molecule has 2 aliphatic rings. The van der Waals surface area contributed by atoms with Gasteiger partial charge < -0.3 is 15.4 Å². The number of nitrogens with one attached hydrogen (secondary N) is 2. The Bertz CT molecular complexity index is 486. The summed E-state index contributed by atoms with van der Waals surface area (Å²) in [7, 11) is -2.97. The van der Waals surface area contributed by atoms with Gasteiger partial charge in [-0.3, -0.25) is 4.90 Å². The first kappa shape index (κ1) is 17.5. The molecule has 0 radical (unpaired) electrons. The quantitative estimate of drug-likeness (QED) is 0.754. The standard InChI is InChI=1S/C14H27N3O4S/c1-10(17-7-11(2)21-12(3)8-17)6-15-14(18)16-13-4-5-22(19,20)9-13/h10-13H,4-9H2,1-3H3,(H2,15,16,18)/t10-,11-,12-,13-/m1/s1. The zero-order valence-electron chi connectivity index (χ0n) is 13.5. The number of carbonyl (C=O) groups excluding carboxylic acids is 1. The van der Waals surface area contributed by atoms with Gasteiger partial charge >= 0.3 is 6.03 Å². The summed E-state index contributed by atoms with van der Waals surface area (Å²) < 4.78 is 28.4. The van der Waals surface area contributed by atoms with Crippen LogP contribution >= 0.6 is 0 Å². The first-order valence-corrected chi connectivity index (χ1v) is 9.71. The van der Waals surface area contributed by atoms with Gasteiger partial charge in [0, 0.05) is 31.7 Å². The molecule has 2 aliphatic heterocycles. The average molecular weight is 333 g/mol. The summed E-state index contributed by atoms with van der Waals surface area (Å²) in [6.07, 6.45) is 0.900. The van der Waals surface area contributed by atoms with Gasteiger partial charge in [-0.15, -0.1) is 0 Å². The molecule has 0 aliphatic carbocycles. The second-order valence-electron chi connectivity index (χ2n) is 6.51. The lowest BCUT2D eigenvalue weighted by atomic mass is 10.2. The zero-order valence-corrected chi connectivity index (χ0v) is 14.4. The molecule has 2 N–H and O–H groups in total. The zero-order chi connectivity index (χ0) is 16.3. The molecule has 2 rings (SSSR count). The fourth-order valence-electron chi connectivity index (χ4n) is 3.09. The van der Waals surface area contributed by atoms with Gasteiger partial charge in [0.1, 0.15) is 0 Å². The Labute approximate surface area is 132 Å². The summed E-state index contributed by atoms with van der Waals surface area (Å²) in [4.78, 5) is 14.2. The van der Waals surface area contributed by atoms with Crippen molar-refractivity contribution in [1.29, 1.82) is 0 Å². The molecule has 2 amide bonds. The van der Waals surface area contributed by atoms with Gasteiger partial charge in [0.05, 0.1) is 23.7 Å². The molecule has 22 heavy (non-hydrogen) atoms. The van der Waals surface area contributed by atoms with E-state index in [1.165, 1.54) is 0 Å². The molecule has 0 spiro atoms. The van der Waals surface area contributed by atoms with Crippen LogP contribution in [0.2, 0.25) is 0 Å². The van der Waals surface area contributed by atoms with Crippen molar-refractivity contribution in [1.82, 2.24) is 15.5 Å². The van der Waals surface area contributed by atoms with Crippen LogP contribution < -0.4 is 10.6 Å². The van der Waals surface area contributed by atoms with Crippen LogP contribution in [0.1, 0.15) is 27.2 Å². The molecule has 0 aromatic heterocycles. The smallest absolute Gasteiger partial charge is 0.315 e. The lowest BCUT2D eigenvalue weighted by molar-refractivity contribution is -0.0778. The van der Waals surface area contributed by atoms with Gasteiger partial charge in [-0.05, 0) is 27.2 Å². The summed E-state index contributed by atoms with van der Waals surface area (Å²) in [6, 6.07) is -0.334. The summed E-state index contributed by atoms with van der Waals surface area (Å²) in [5, 5.41) is 5.57. The first-order chi connectivity index (χ1) is 10.2. The molecule has 7 nitrogen and oxygen atoms in total. The fraction of sp³-hybridized carbons (Fsp3) is 0.929. The Hall–Kier alpha value is -0.860. The van der Waals surface area contributed by atoms with Crippen LogP contribution in [0, 0.1) is 0 Å². The van der Waals surface area contributed by atoms with Crippen LogP contribution in [0.3, 0.4) is 0 Å². The van der Waals surface area contributed by atoms with E-state index in [0.29, 0.717) is 13.0 Å². The maximum Gasteiger partial charge on any atom is 0.315 e. The summed E-state index contributed by atoms with van der Waals surface area (Å²) >= 11 is 0. The Morgan fingerprint density at radius 2 is 1.95 bits per heavy atom. The van der Waals surface area contributed by atoms with Crippen molar-refractivity contribution in [3.8, 4) is 0 Å².